The molecule has 3 heterocycles. The number of phenolic OH excluding ortho intramolecular Hbond substituents is 1. The molecule has 0 aromatic heterocycles. The molecule has 0 spiro atoms. The second-order valence-electron chi connectivity index (χ2n) is 13.0. The Kier molecular flexibility index (Phi) is 6.93. The fourth-order valence-electron chi connectivity index (χ4n) is 8.12. The molecule has 4 aromatic rings. The first-order valence-electron chi connectivity index (χ1n) is 16.0. The van der Waals surface area contributed by atoms with Gasteiger partial charge >= 0.3 is 6.18 Å². The summed E-state index contributed by atoms with van der Waals surface area (Å²) in [6.45, 7) is 3.95. The molecule has 246 valence electrons. The number of benzene rings is 4. The Morgan fingerprint density at radius 2 is 1.62 bits per heavy atom. The first kappa shape index (κ1) is 30.6. The van der Waals surface area contributed by atoms with Crippen molar-refractivity contribution < 1.29 is 31.5 Å². The summed E-state index contributed by atoms with van der Waals surface area (Å²) in [5.41, 5.74) is 7.88. The smallest absolute Gasteiger partial charge is 0.416 e. The lowest BCUT2D eigenvalue weighted by Gasteiger charge is -2.37. The van der Waals surface area contributed by atoms with Crippen LogP contribution in [0.15, 0.2) is 83.3 Å². The average Bonchev–Trinajstić information content (AvgIpc) is 3.53. The SMILES string of the molecule is CC1=C(c2cc3c4c(c2O)CCCN4CCC3)c2ccccc2C1C1C(=O)Nc2ccc(S(=O)(=O)Nc3ccc(C(F)(F)F)cc3)cc21. The maximum absolute atomic E-state index is 13.7. The summed E-state index contributed by atoms with van der Waals surface area (Å²) in [4.78, 5) is 16.0. The Hall–Kier alpha value is -4.77. The van der Waals surface area contributed by atoms with E-state index in [-0.39, 0.29) is 22.2 Å². The van der Waals surface area contributed by atoms with E-state index in [1.165, 1.54) is 17.7 Å². The summed E-state index contributed by atoms with van der Waals surface area (Å²) in [5, 5.41) is 14.7. The topological polar surface area (TPSA) is 98.7 Å². The molecule has 48 heavy (non-hydrogen) atoms. The number of carbonyl (C=O) groups excluding carboxylic acids is 1. The van der Waals surface area contributed by atoms with Gasteiger partial charge in [-0.1, -0.05) is 29.8 Å². The monoisotopic (exact) mass is 671 g/mol. The molecule has 2 unspecified atom stereocenters. The Morgan fingerprint density at radius 3 is 2.38 bits per heavy atom. The molecule has 7 nitrogen and oxygen atoms in total. The van der Waals surface area contributed by atoms with Crippen LogP contribution in [0.2, 0.25) is 0 Å². The molecule has 4 aromatic carbocycles. The normalized spacial score (nSPS) is 19.9. The van der Waals surface area contributed by atoms with E-state index in [0.29, 0.717) is 11.3 Å². The van der Waals surface area contributed by atoms with Gasteiger partial charge in [0.25, 0.3) is 10.0 Å². The van der Waals surface area contributed by atoms with E-state index >= 15 is 0 Å². The number of nitrogens with one attached hydrogen (secondary N) is 2. The highest BCUT2D eigenvalue weighted by molar-refractivity contribution is 7.92. The highest BCUT2D eigenvalue weighted by Gasteiger charge is 2.44. The third kappa shape index (κ3) is 4.77. The number of hydrogen-bond donors (Lipinski definition) is 3. The van der Waals surface area contributed by atoms with Crippen molar-refractivity contribution in [3.05, 3.63) is 117 Å². The molecule has 2 atom stereocenters. The van der Waals surface area contributed by atoms with Crippen LogP contribution >= 0.6 is 0 Å². The number of fused-ring (bicyclic) bond motifs is 2. The number of allylic oxidation sites excluding steroid dienone is 1. The number of phenols is 1. The molecule has 4 aliphatic rings. The summed E-state index contributed by atoms with van der Waals surface area (Å²) in [6.07, 6.45) is -0.802. The van der Waals surface area contributed by atoms with Gasteiger partial charge in [-0.2, -0.15) is 13.2 Å². The van der Waals surface area contributed by atoms with Crippen molar-refractivity contribution in [2.24, 2.45) is 0 Å². The van der Waals surface area contributed by atoms with Gasteiger partial charge in [-0.15, -0.1) is 0 Å². The van der Waals surface area contributed by atoms with Crippen molar-refractivity contribution >= 4 is 38.6 Å². The van der Waals surface area contributed by atoms with Gasteiger partial charge in [0, 0.05) is 47.2 Å². The fourth-order valence-corrected chi connectivity index (χ4v) is 9.21. The first-order valence-corrected chi connectivity index (χ1v) is 17.5. The minimum atomic E-state index is -4.55. The molecule has 0 bridgehead atoms. The predicted octanol–water partition coefficient (Wildman–Crippen LogP) is 7.57. The van der Waals surface area contributed by atoms with E-state index in [1.54, 1.807) is 6.07 Å². The number of halogens is 3. The molecule has 0 saturated carbocycles. The standard InChI is InChI=1S/C37H32F3N3O4S/c1-20-31(29-18-21-6-4-16-43-17-5-9-27(34(21)43)35(29)44)25-7-2-3-8-26(25)32(20)33-28-19-24(14-15-30(28)41-36(33)45)48(46,47)42-23-12-10-22(11-13-23)37(38,39)40/h2-3,7-8,10-15,18-19,32-33,42,44H,4-6,9,16-17H2,1H3,(H,41,45). The van der Waals surface area contributed by atoms with Gasteiger partial charge in [0.2, 0.25) is 5.91 Å². The highest BCUT2D eigenvalue weighted by Crippen LogP contribution is 2.56. The van der Waals surface area contributed by atoms with Gasteiger partial charge in [0.05, 0.1) is 16.4 Å². The minimum absolute atomic E-state index is 0.0191. The molecule has 11 heteroatoms. The molecule has 3 aliphatic heterocycles. The quantitative estimate of drug-likeness (QED) is 0.203. The zero-order valence-corrected chi connectivity index (χ0v) is 26.8. The molecular weight excluding hydrogens is 639 g/mol. The largest absolute Gasteiger partial charge is 0.507 e. The lowest BCUT2D eigenvalue weighted by Crippen LogP contribution is -2.34. The molecule has 3 N–H and O–H groups in total. The van der Waals surface area contributed by atoms with Gasteiger partial charge in [-0.05, 0) is 109 Å². The summed E-state index contributed by atoms with van der Waals surface area (Å²) in [7, 11) is -4.22. The van der Waals surface area contributed by atoms with Gasteiger partial charge < -0.3 is 15.3 Å². The summed E-state index contributed by atoms with van der Waals surface area (Å²) >= 11 is 0. The van der Waals surface area contributed by atoms with Gasteiger partial charge in [-0.25, -0.2) is 8.42 Å². The summed E-state index contributed by atoms with van der Waals surface area (Å²) in [6, 6.07) is 18.1. The molecule has 0 saturated heterocycles. The van der Waals surface area contributed by atoms with Crippen LogP contribution < -0.4 is 14.9 Å². The Labute approximate surface area is 276 Å². The van der Waals surface area contributed by atoms with E-state index < -0.39 is 33.6 Å². The zero-order chi connectivity index (χ0) is 33.5. The maximum atomic E-state index is 13.7. The third-order valence-corrected chi connectivity index (χ3v) is 11.6. The van der Waals surface area contributed by atoms with E-state index in [9.17, 15) is 31.5 Å². The summed E-state index contributed by atoms with van der Waals surface area (Å²) in [5.74, 6) is -1.17. The number of hydrogen-bond acceptors (Lipinski definition) is 5. The van der Waals surface area contributed by atoms with Crippen molar-refractivity contribution in [1.82, 2.24) is 0 Å². The molecule has 8 rings (SSSR count). The van der Waals surface area contributed by atoms with Crippen LogP contribution in [0, 0.1) is 0 Å². The number of nitrogens with zero attached hydrogens (tertiary/aromatic N) is 1. The highest BCUT2D eigenvalue weighted by atomic mass is 32.2. The Morgan fingerprint density at radius 1 is 0.896 bits per heavy atom. The Bertz CT molecular complexity index is 2160. The van der Waals surface area contributed by atoms with Gasteiger partial charge in [0.15, 0.2) is 0 Å². The molecule has 0 radical (unpaired) electrons. The number of aryl methyl sites for hydroxylation is 1. The second kappa shape index (κ2) is 10.9. The van der Waals surface area contributed by atoms with Crippen LogP contribution in [0.3, 0.4) is 0 Å². The van der Waals surface area contributed by atoms with E-state index in [4.69, 9.17) is 0 Å². The van der Waals surface area contributed by atoms with E-state index in [1.807, 2.05) is 31.2 Å². The van der Waals surface area contributed by atoms with Crippen LogP contribution in [0.5, 0.6) is 5.75 Å². The first-order chi connectivity index (χ1) is 22.9. The van der Waals surface area contributed by atoms with Crippen molar-refractivity contribution in [1.29, 1.82) is 0 Å². The maximum Gasteiger partial charge on any atom is 0.416 e. The van der Waals surface area contributed by atoms with Crippen molar-refractivity contribution in [2.45, 2.75) is 55.5 Å². The van der Waals surface area contributed by atoms with Crippen molar-refractivity contribution in [3.63, 3.8) is 0 Å². The predicted molar refractivity (Wildman–Crippen MR) is 178 cm³/mol. The number of amides is 1. The second-order valence-corrected chi connectivity index (χ2v) is 14.7. The number of alkyl halides is 3. The minimum Gasteiger partial charge on any atom is -0.507 e. The van der Waals surface area contributed by atoms with Crippen LogP contribution in [0.4, 0.5) is 30.2 Å². The number of aromatic hydroxyl groups is 1. The number of carbonyl (C=O) groups is 1. The van der Waals surface area contributed by atoms with Gasteiger partial charge in [-0.3, -0.25) is 9.52 Å². The Balaban J connectivity index is 1.20. The third-order valence-electron chi connectivity index (χ3n) is 10.2. The van der Waals surface area contributed by atoms with E-state index in [2.05, 4.69) is 21.0 Å². The lowest BCUT2D eigenvalue weighted by atomic mass is 9.80. The molecular formula is C37H32F3N3O4S. The molecule has 0 fully saturated rings. The van der Waals surface area contributed by atoms with Crippen molar-refractivity contribution in [2.75, 3.05) is 28.0 Å². The fraction of sp³-hybridized carbons (Fsp3) is 0.270. The molecule has 1 amide bonds. The number of sulfonamides is 1. The van der Waals surface area contributed by atoms with Crippen LogP contribution in [0.25, 0.3) is 5.57 Å². The average molecular weight is 672 g/mol. The lowest BCUT2D eigenvalue weighted by molar-refractivity contribution is -0.137. The van der Waals surface area contributed by atoms with Crippen molar-refractivity contribution in [3.8, 4) is 5.75 Å². The van der Waals surface area contributed by atoms with Crippen LogP contribution in [0.1, 0.15) is 70.5 Å². The zero-order valence-electron chi connectivity index (χ0n) is 26.0. The molecule has 1 aliphatic carbocycles. The van der Waals surface area contributed by atoms with Gasteiger partial charge in [0.1, 0.15) is 5.75 Å². The number of anilines is 3. The number of rotatable bonds is 5. The van der Waals surface area contributed by atoms with Crippen LogP contribution in [-0.2, 0) is 33.8 Å². The van der Waals surface area contributed by atoms with E-state index in [0.717, 1.165) is 102 Å². The summed E-state index contributed by atoms with van der Waals surface area (Å²) < 4.78 is 68.4. The van der Waals surface area contributed by atoms with Crippen LogP contribution in [-0.4, -0.2) is 32.5 Å².